The lowest BCUT2D eigenvalue weighted by atomic mass is 9.93. The summed E-state index contributed by atoms with van der Waals surface area (Å²) in [6.07, 6.45) is 1.32. The topological polar surface area (TPSA) is 32.8 Å². The summed E-state index contributed by atoms with van der Waals surface area (Å²) in [6, 6.07) is 2.20. The van der Waals surface area contributed by atoms with Gasteiger partial charge in [-0.15, -0.1) is 23.1 Å². The first kappa shape index (κ1) is 16.3. The SMILES string of the molecule is Cc1ccsc1CN1CC2(C[C@@H](OCC(=O)N(C)C)CS2)C1. The van der Waals surface area contributed by atoms with Crippen molar-refractivity contribution in [2.24, 2.45) is 0 Å². The third-order valence-corrected chi connectivity index (χ3v) is 7.06. The van der Waals surface area contributed by atoms with E-state index in [1.54, 1.807) is 19.0 Å². The van der Waals surface area contributed by atoms with Crippen LogP contribution in [0.5, 0.6) is 0 Å². The maximum atomic E-state index is 11.6. The highest BCUT2D eigenvalue weighted by molar-refractivity contribution is 8.01. The number of aryl methyl sites for hydroxylation is 1. The van der Waals surface area contributed by atoms with Crippen molar-refractivity contribution < 1.29 is 9.53 Å². The summed E-state index contributed by atoms with van der Waals surface area (Å²) >= 11 is 3.89. The minimum absolute atomic E-state index is 0.0503. The van der Waals surface area contributed by atoms with Crippen LogP contribution in [0.15, 0.2) is 11.4 Å². The van der Waals surface area contributed by atoms with E-state index in [0.29, 0.717) is 4.75 Å². The van der Waals surface area contributed by atoms with Crippen LogP contribution in [0.25, 0.3) is 0 Å². The molecule has 0 aromatic carbocycles. The Balaban J connectivity index is 1.42. The Hall–Kier alpha value is -0.560. The molecular formula is C16H24N2O2S2. The van der Waals surface area contributed by atoms with E-state index in [1.165, 1.54) is 10.4 Å². The average Bonchev–Trinajstić information content (AvgIpc) is 3.03. The van der Waals surface area contributed by atoms with Gasteiger partial charge in [0.05, 0.1) is 6.10 Å². The van der Waals surface area contributed by atoms with Crippen molar-refractivity contribution in [3.63, 3.8) is 0 Å². The monoisotopic (exact) mass is 340 g/mol. The van der Waals surface area contributed by atoms with Gasteiger partial charge in [-0.05, 0) is 30.4 Å². The number of hydrogen-bond acceptors (Lipinski definition) is 5. The fraction of sp³-hybridized carbons (Fsp3) is 0.688. The van der Waals surface area contributed by atoms with Crippen molar-refractivity contribution in [2.75, 3.05) is 39.5 Å². The molecule has 1 atom stereocenters. The fourth-order valence-corrected chi connectivity index (χ4v) is 5.65. The molecule has 22 heavy (non-hydrogen) atoms. The summed E-state index contributed by atoms with van der Waals surface area (Å²) < 4.78 is 6.16. The normalized spacial score (nSPS) is 23.7. The van der Waals surface area contributed by atoms with Crippen molar-refractivity contribution in [3.05, 3.63) is 21.9 Å². The number of carbonyl (C=O) groups is 1. The number of rotatable bonds is 5. The molecule has 4 nitrogen and oxygen atoms in total. The number of amides is 1. The van der Waals surface area contributed by atoms with Crippen LogP contribution in [-0.2, 0) is 16.1 Å². The zero-order valence-corrected chi connectivity index (χ0v) is 15.1. The van der Waals surface area contributed by atoms with Crippen LogP contribution in [0.2, 0.25) is 0 Å². The van der Waals surface area contributed by atoms with E-state index in [-0.39, 0.29) is 18.6 Å². The molecule has 1 amide bonds. The van der Waals surface area contributed by atoms with Gasteiger partial charge >= 0.3 is 0 Å². The smallest absolute Gasteiger partial charge is 0.248 e. The second-order valence-electron chi connectivity index (χ2n) is 6.59. The molecule has 2 saturated heterocycles. The van der Waals surface area contributed by atoms with E-state index in [9.17, 15) is 4.79 Å². The predicted octanol–water partition coefficient (Wildman–Crippen LogP) is 2.22. The molecule has 2 aliphatic heterocycles. The van der Waals surface area contributed by atoms with E-state index < -0.39 is 0 Å². The third kappa shape index (κ3) is 3.50. The largest absolute Gasteiger partial charge is 0.367 e. The van der Waals surface area contributed by atoms with Crippen LogP contribution in [0, 0.1) is 6.92 Å². The molecule has 0 saturated carbocycles. The van der Waals surface area contributed by atoms with Crippen LogP contribution in [0.3, 0.4) is 0 Å². The molecule has 3 rings (SSSR count). The van der Waals surface area contributed by atoms with Gasteiger partial charge in [0.1, 0.15) is 6.61 Å². The quantitative estimate of drug-likeness (QED) is 0.823. The van der Waals surface area contributed by atoms with Crippen molar-refractivity contribution in [1.82, 2.24) is 9.80 Å². The molecule has 1 spiro atoms. The molecule has 6 heteroatoms. The first-order chi connectivity index (χ1) is 10.5. The zero-order valence-electron chi connectivity index (χ0n) is 13.5. The maximum absolute atomic E-state index is 11.6. The van der Waals surface area contributed by atoms with Crippen molar-refractivity contribution in [3.8, 4) is 0 Å². The Kier molecular flexibility index (Phi) is 4.83. The Labute approximate surface area is 140 Å². The fourth-order valence-electron chi connectivity index (χ4n) is 3.10. The second kappa shape index (κ2) is 6.51. The lowest BCUT2D eigenvalue weighted by Gasteiger charge is -2.47. The number of ether oxygens (including phenoxy) is 1. The second-order valence-corrected chi connectivity index (χ2v) is 9.08. The van der Waals surface area contributed by atoms with Crippen molar-refractivity contribution in [2.45, 2.75) is 30.7 Å². The molecule has 2 aliphatic rings. The lowest BCUT2D eigenvalue weighted by Crippen LogP contribution is -2.58. The standard InChI is InChI=1S/C16H24N2O2S2/c1-12-4-5-21-14(12)7-18-10-16(11-18)6-13(9-22-16)20-8-15(19)17(2)3/h4-5,13H,6-11H2,1-3H3/t13-/m1/s1. The summed E-state index contributed by atoms with van der Waals surface area (Å²) in [5, 5.41) is 2.18. The van der Waals surface area contributed by atoms with E-state index in [2.05, 4.69) is 23.3 Å². The van der Waals surface area contributed by atoms with Gasteiger partial charge in [-0.2, -0.15) is 0 Å². The van der Waals surface area contributed by atoms with Gasteiger partial charge in [-0.1, -0.05) is 0 Å². The van der Waals surface area contributed by atoms with Crippen LogP contribution >= 0.6 is 23.1 Å². The van der Waals surface area contributed by atoms with E-state index in [1.807, 2.05) is 23.1 Å². The highest BCUT2D eigenvalue weighted by Crippen LogP contribution is 2.46. The molecule has 1 aromatic rings. The number of nitrogens with zero attached hydrogens (tertiary/aromatic N) is 2. The van der Waals surface area contributed by atoms with Crippen LogP contribution in [0.1, 0.15) is 16.9 Å². The minimum atomic E-state index is 0.0503. The summed E-state index contributed by atoms with van der Waals surface area (Å²) in [5.41, 5.74) is 1.41. The molecule has 122 valence electrons. The Morgan fingerprint density at radius 3 is 2.91 bits per heavy atom. The molecule has 3 heterocycles. The molecule has 0 unspecified atom stereocenters. The summed E-state index contributed by atoms with van der Waals surface area (Å²) in [5.74, 6) is 1.07. The van der Waals surface area contributed by atoms with Gasteiger partial charge in [0, 0.05) is 49.1 Å². The number of likely N-dealkylation sites (N-methyl/N-ethyl adjacent to an activating group) is 1. The van der Waals surface area contributed by atoms with E-state index in [0.717, 1.165) is 31.8 Å². The van der Waals surface area contributed by atoms with E-state index >= 15 is 0 Å². The molecule has 0 bridgehead atoms. The van der Waals surface area contributed by atoms with Gasteiger partial charge in [0.2, 0.25) is 5.91 Å². The highest BCUT2D eigenvalue weighted by atomic mass is 32.2. The van der Waals surface area contributed by atoms with Gasteiger partial charge in [0.15, 0.2) is 0 Å². The summed E-state index contributed by atoms with van der Waals surface area (Å²) in [6.45, 7) is 5.78. The molecule has 0 radical (unpaired) electrons. The first-order valence-corrected chi connectivity index (χ1v) is 9.55. The number of hydrogen-bond donors (Lipinski definition) is 0. The molecule has 0 N–H and O–H groups in total. The highest BCUT2D eigenvalue weighted by Gasteiger charge is 2.49. The maximum Gasteiger partial charge on any atom is 0.248 e. The van der Waals surface area contributed by atoms with Crippen molar-refractivity contribution in [1.29, 1.82) is 0 Å². The average molecular weight is 341 g/mol. The van der Waals surface area contributed by atoms with Crippen molar-refractivity contribution >= 4 is 29.0 Å². The number of carbonyl (C=O) groups excluding carboxylic acids is 1. The Bertz CT molecular complexity index is 538. The number of thioether (sulfide) groups is 1. The van der Waals surface area contributed by atoms with Gasteiger partial charge in [-0.25, -0.2) is 0 Å². The van der Waals surface area contributed by atoms with E-state index in [4.69, 9.17) is 4.74 Å². The summed E-state index contributed by atoms with van der Waals surface area (Å²) in [4.78, 5) is 17.2. The van der Waals surface area contributed by atoms with Crippen LogP contribution in [-0.4, -0.2) is 66.1 Å². The van der Waals surface area contributed by atoms with Gasteiger partial charge in [0.25, 0.3) is 0 Å². The summed E-state index contributed by atoms with van der Waals surface area (Å²) in [7, 11) is 3.54. The van der Waals surface area contributed by atoms with Crippen LogP contribution < -0.4 is 0 Å². The Morgan fingerprint density at radius 2 is 2.27 bits per heavy atom. The molecule has 2 fully saturated rings. The third-order valence-electron chi connectivity index (χ3n) is 4.48. The van der Waals surface area contributed by atoms with Gasteiger partial charge in [-0.3, -0.25) is 9.69 Å². The predicted molar refractivity (Wildman–Crippen MR) is 92.6 cm³/mol. The minimum Gasteiger partial charge on any atom is -0.367 e. The Morgan fingerprint density at radius 1 is 1.50 bits per heavy atom. The number of likely N-dealkylation sites (tertiary alicyclic amines) is 1. The first-order valence-electron chi connectivity index (χ1n) is 7.68. The molecule has 1 aromatic heterocycles. The van der Waals surface area contributed by atoms with Crippen LogP contribution in [0.4, 0.5) is 0 Å². The zero-order chi connectivity index (χ0) is 15.7. The lowest BCUT2D eigenvalue weighted by molar-refractivity contribution is -0.135. The molecular weight excluding hydrogens is 316 g/mol. The van der Waals surface area contributed by atoms with Gasteiger partial charge < -0.3 is 9.64 Å². The number of thiophene rings is 1. The molecule has 0 aliphatic carbocycles.